The van der Waals surface area contributed by atoms with Gasteiger partial charge in [0.25, 0.3) is 0 Å². The van der Waals surface area contributed by atoms with E-state index in [0.29, 0.717) is 5.89 Å². The average molecular weight is 322 g/mol. The van der Waals surface area contributed by atoms with Gasteiger partial charge in [0.1, 0.15) is 5.76 Å². The highest BCUT2D eigenvalue weighted by atomic mass is 16.4. The lowest BCUT2D eigenvalue weighted by Crippen LogP contribution is -2.37. The van der Waals surface area contributed by atoms with Crippen molar-refractivity contribution in [2.24, 2.45) is 0 Å². The van der Waals surface area contributed by atoms with Gasteiger partial charge < -0.3 is 9.52 Å². The second kappa shape index (κ2) is 6.38. The molecule has 1 fully saturated rings. The van der Waals surface area contributed by atoms with Gasteiger partial charge in [-0.1, -0.05) is 30.3 Å². The fraction of sp³-hybridized carbons (Fsp3) is 0.350. The van der Waals surface area contributed by atoms with Crippen LogP contribution in [-0.4, -0.2) is 34.2 Å². The highest BCUT2D eigenvalue weighted by molar-refractivity contribution is 5.86. The number of aliphatic hydroxyl groups is 1. The predicted octanol–water partition coefficient (Wildman–Crippen LogP) is 3.76. The van der Waals surface area contributed by atoms with Crippen LogP contribution in [-0.2, 0) is 6.54 Å². The number of likely N-dealkylation sites (tertiary alicyclic amines) is 1. The molecule has 0 saturated carbocycles. The zero-order valence-electron chi connectivity index (χ0n) is 13.9. The smallest absolute Gasteiger partial charge is 0.226 e. The molecule has 0 bridgehead atoms. The van der Waals surface area contributed by atoms with E-state index in [-0.39, 0.29) is 6.10 Å². The minimum absolute atomic E-state index is 0.217. The van der Waals surface area contributed by atoms with E-state index in [0.717, 1.165) is 49.5 Å². The third-order valence-electron chi connectivity index (χ3n) is 4.74. The molecule has 4 heteroatoms. The van der Waals surface area contributed by atoms with Crippen LogP contribution >= 0.6 is 0 Å². The minimum atomic E-state index is -0.217. The first-order valence-corrected chi connectivity index (χ1v) is 8.55. The molecule has 1 saturated heterocycles. The maximum Gasteiger partial charge on any atom is 0.226 e. The lowest BCUT2D eigenvalue weighted by molar-refractivity contribution is 0.0660. The van der Waals surface area contributed by atoms with Crippen molar-refractivity contribution in [2.45, 2.75) is 32.4 Å². The van der Waals surface area contributed by atoms with E-state index in [1.165, 1.54) is 10.8 Å². The Morgan fingerprint density at radius 3 is 2.88 bits per heavy atom. The average Bonchev–Trinajstić information content (AvgIpc) is 2.95. The molecule has 2 aromatic carbocycles. The number of oxazole rings is 1. The first-order chi connectivity index (χ1) is 11.7. The Labute approximate surface area is 141 Å². The van der Waals surface area contributed by atoms with Crippen molar-refractivity contribution < 1.29 is 9.52 Å². The van der Waals surface area contributed by atoms with Crippen LogP contribution in [0.4, 0.5) is 0 Å². The number of aryl methyl sites for hydroxylation is 1. The van der Waals surface area contributed by atoms with Crippen LogP contribution in [0.1, 0.15) is 24.3 Å². The number of nitrogens with zero attached hydrogens (tertiary/aromatic N) is 2. The monoisotopic (exact) mass is 322 g/mol. The summed E-state index contributed by atoms with van der Waals surface area (Å²) in [5, 5.41) is 12.2. The van der Waals surface area contributed by atoms with Crippen molar-refractivity contribution in [1.29, 1.82) is 0 Å². The Bertz CT molecular complexity index is 856. The molecular weight excluding hydrogens is 300 g/mol. The zero-order chi connectivity index (χ0) is 16.5. The number of piperidine rings is 1. The van der Waals surface area contributed by atoms with Gasteiger partial charge in [-0.05, 0) is 49.2 Å². The van der Waals surface area contributed by atoms with E-state index in [1.54, 1.807) is 0 Å². The van der Waals surface area contributed by atoms with Crippen molar-refractivity contribution in [1.82, 2.24) is 9.88 Å². The summed E-state index contributed by atoms with van der Waals surface area (Å²) in [6, 6.07) is 14.6. The first-order valence-electron chi connectivity index (χ1n) is 8.55. The van der Waals surface area contributed by atoms with Crippen LogP contribution in [0, 0.1) is 6.92 Å². The zero-order valence-corrected chi connectivity index (χ0v) is 13.9. The van der Waals surface area contributed by atoms with E-state index < -0.39 is 0 Å². The Kier molecular flexibility index (Phi) is 4.08. The Hall–Kier alpha value is -2.17. The van der Waals surface area contributed by atoms with Crippen LogP contribution in [0.2, 0.25) is 0 Å². The van der Waals surface area contributed by atoms with Crippen molar-refractivity contribution in [3.05, 3.63) is 53.9 Å². The topological polar surface area (TPSA) is 49.5 Å². The molecular formula is C20H22N2O2. The Morgan fingerprint density at radius 1 is 1.21 bits per heavy atom. The highest BCUT2D eigenvalue weighted by Crippen LogP contribution is 2.26. The van der Waals surface area contributed by atoms with Gasteiger partial charge >= 0.3 is 0 Å². The summed E-state index contributed by atoms with van der Waals surface area (Å²) in [6.45, 7) is 4.43. The maximum atomic E-state index is 9.83. The second-order valence-corrected chi connectivity index (χ2v) is 6.61. The number of rotatable bonds is 3. The van der Waals surface area contributed by atoms with E-state index in [9.17, 15) is 5.11 Å². The largest absolute Gasteiger partial charge is 0.441 e. The normalized spacial score (nSPS) is 19.0. The van der Waals surface area contributed by atoms with Crippen LogP contribution in [0.25, 0.3) is 22.2 Å². The molecule has 1 aliphatic rings. The molecule has 3 aromatic rings. The lowest BCUT2D eigenvalue weighted by Gasteiger charge is -2.29. The van der Waals surface area contributed by atoms with Crippen LogP contribution in [0.3, 0.4) is 0 Å². The van der Waals surface area contributed by atoms with Crippen molar-refractivity contribution in [3.63, 3.8) is 0 Å². The van der Waals surface area contributed by atoms with Crippen molar-refractivity contribution in [2.75, 3.05) is 13.1 Å². The van der Waals surface area contributed by atoms with E-state index >= 15 is 0 Å². The summed E-state index contributed by atoms with van der Waals surface area (Å²) < 4.78 is 5.92. The molecule has 0 radical (unpaired) electrons. The first kappa shape index (κ1) is 15.4. The van der Waals surface area contributed by atoms with Gasteiger partial charge in [-0.25, -0.2) is 4.98 Å². The molecule has 0 aliphatic carbocycles. The van der Waals surface area contributed by atoms with E-state index in [1.807, 2.05) is 19.1 Å². The van der Waals surface area contributed by atoms with Gasteiger partial charge in [-0.2, -0.15) is 0 Å². The summed E-state index contributed by atoms with van der Waals surface area (Å²) >= 11 is 0. The molecule has 1 aromatic heterocycles. The minimum Gasteiger partial charge on any atom is -0.441 e. The van der Waals surface area contributed by atoms with Crippen molar-refractivity contribution in [3.8, 4) is 11.5 Å². The molecule has 2 heterocycles. The molecule has 24 heavy (non-hydrogen) atoms. The number of benzene rings is 2. The third kappa shape index (κ3) is 3.07. The predicted molar refractivity (Wildman–Crippen MR) is 94.7 cm³/mol. The summed E-state index contributed by atoms with van der Waals surface area (Å²) in [5.74, 6) is 1.53. The maximum absolute atomic E-state index is 9.83. The molecule has 1 atom stereocenters. The molecule has 0 unspecified atom stereocenters. The van der Waals surface area contributed by atoms with Gasteiger partial charge in [-0.15, -0.1) is 0 Å². The standard InChI is InChI=1S/C20H22N2O2/c1-14-19(13-22-10-4-7-18(23)12-22)21-20(24-14)17-9-8-15-5-2-3-6-16(15)11-17/h2-3,5-6,8-9,11,18,23H,4,7,10,12-13H2,1H3/t18-/m0/s1. The van der Waals surface area contributed by atoms with Gasteiger partial charge in [-0.3, -0.25) is 4.90 Å². The molecule has 0 amide bonds. The molecule has 1 aliphatic heterocycles. The third-order valence-corrected chi connectivity index (χ3v) is 4.74. The van der Waals surface area contributed by atoms with Crippen LogP contribution in [0.15, 0.2) is 46.9 Å². The lowest BCUT2D eigenvalue weighted by atomic mass is 10.1. The highest BCUT2D eigenvalue weighted by Gasteiger charge is 2.20. The van der Waals surface area contributed by atoms with Gasteiger partial charge in [0, 0.05) is 18.7 Å². The number of β-amino-alcohol motifs (C(OH)–C–C–N with tert-alkyl or cyclic N) is 1. The number of hydrogen-bond donors (Lipinski definition) is 1. The fourth-order valence-corrected chi connectivity index (χ4v) is 3.41. The molecule has 4 rings (SSSR count). The molecule has 124 valence electrons. The number of fused-ring (bicyclic) bond motifs is 1. The van der Waals surface area contributed by atoms with Crippen LogP contribution < -0.4 is 0 Å². The Morgan fingerprint density at radius 2 is 2.04 bits per heavy atom. The van der Waals surface area contributed by atoms with Gasteiger partial charge in [0.05, 0.1) is 11.8 Å². The fourth-order valence-electron chi connectivity index (χ4n) is 3.41. The van der Waals surface area contributed by atoms with Crippen LogP contribution in [0.5, 0.6) is 0 Å². The Balaban J connectivity index is 1.59. The number of hydrogen-bond acceptors (Lipinski definition) is 4. The van der Waals surface area contributed by atoms with E-state index in [2.05, 4.69) is 35.2 Å². The molecule has 1 N–H and O–H groups in total. The quantitative estimate of drug-likeness (QED) is 0.797. The summed E-state index contributed by atoms with van der Waals surface area (Å²) in [6.07, 6.45) is 1.72. The summed E-state index contributed by atoms with van der Waals surface area (Å²) in [4.78, 5) is 6.97. The second-order valence-electron chi connectivity index (χ2n) is 6.61. The SMILES string of the molecule is Cc1oc(-c2ccc3ccccc3c2)nc1CN1CCC[C@H](O)C1. The molecule has 0 spiro atoms. The number of aliphatic hydroxyl groups excluding tert-OH is 1. The molecule has 4 nitrogen and oxygen atoms in total. The number of aromatic nitrogens is 1. The van der Waals surface area contributed by atoms with Gasteiger partial charge in [0.2, 0.25) is 5.89 Å². The summed E-state index contributed by atoms with van der Waals surface area (Å²) in [5.41, 5.74) is 1.97. The van der Waals surface area contributed by atoms with Crippen molar-refractivity contribution >= 4 is 10.8 Å². The van der Waals surface area contributed by atoms with Gasteiger partial charge in [0.15, 0.2) is 0 Å². The summed E-state index contributed by atoms with van der Waals surface area (Å²) in [7, 11) is 0. The van der Waals surface area contributed by atoms with E-state index in [4.69, 9.17) is 9.40 Å².